The van der Waals surface area contributed by atoms with Crippen LogP contribution in [0.2, 0.25) is 5.02 Å². The minimum Gasteiger partial charge on any atom is -0.465 e. The quantitative estimate of drug-likeness (QED) is 0.325. The van der Waals surface area contributed by atoms with E-state index in [9.17, 15) is 19.2 Å². The van der Waals surface area contributed by atoms with Crippen molar-refractivity contribution < 1.29 is 23.9 Å². The minimum atomic E-state index is -0.717. The summed E-state index contributed by atoms with van der Waals surface area (Å²) in [5.41, 5.74) is 2.48. The van der Waals surface area contributed by atoms with Gasteiger partial charge in [0.25, 0.3) is 11.8 Å². The molecule has 10 heteroatoms. The van der Waals surface area contributed by atoms with Crippen molar-refractivity contribution in [1.82, 2.24) is 5.32 Å². The second-order valence-electron chi connectivity index (χ2n) is 8.08. The van der Waals surface area contributed by atoms with E-state index in [2.05, 4.69) is 10.6 Å². The Balaban J connectivity index is 1.39. The zero-order valence-corrected chi connectivity index (χ0v) is 21.1. The number of carbonyl (C=O) groups excluding carboxylic acids is 4. The third kappa shape index (κ3) is 5.99. The number of methoxy groups -OCH3 is 1. The molecule has 3 amide bonds. The molecule has 188 valence electrons. The fraction of sp³-hybridized carbons (Fsp3) is 0.111. The van der Waals surface area contributed by atoms with Gasteiger partial charge in [-0.2, -0.15) is 0 Å². The number of esters is 1. The average molecular weight is 538 g/mol. The second-order valence-corrected chi connectivity index (χ2v) is 8.89. The van der Waals surface area contributed by atoms with Crippen molar-refractivity contribution in [3.8, 4) is 0 Å². The maximum absolute atomic E-state index is 13.0. The van der Waals surface area contributed by atoms with Crippen LogP contribution in [0.5, 0.6) is 0 Å². The first-order valence-electron chi connectivity index (χ1n) is 11.1. The molecule has 1 heterocycles. The summed E-state index contributed by atoms with van der Waals surface area (Å²) in [4.78, 5) is 50.8. The van der Waals surface area contributed by atoms with Gasteiger partial charge in [0.15, 0.2) is 0 Å². The van der Waals surface area contributed by atoms with Gasteiger partial charge >= 0.3 is 5.97 Å². The molecule has 4 rings (SSSR count). The van der Waals surface area contributed by atoms with E-state index < -0.39 is 17.8 Å². The molecule has 0 aromatic heterocycles. The highest BCUT2D eigenvalue weighted by molar-refractivity contribution is 6.53. The predicted molar refractivity (Wildman–Crippen MR) is 140 cm³/mol. The molecule has 0 radical (unpaired) electrons. The summed E-state index contributed by atoms with van der Waals surface area (Å²) < 4.78 is 4.69. The number of nitrogens with one attached hydrogen (secondary N) is 2. The molecule has 0 unspecified atom stereocenters. The van der Waals surface area contributed by atoms with Crippen molar-refractivity contribution in [2.75, 3.05) is 17.3 Å². The Bertz CT molecular complexity index is 1400. The smallest absolute Gasteiger partial charge is 0.337 e. The van der Waals surface area contributed by atoms with Crippen LogP contribution in [0.1, 0.15) is 21.5 Å². The van der Waals surface area contributed by atoms with Gasteiger partial charge in [-0.3, -0.25) is 14.4 Å². The summed E-state index contributed by atoms with van der Waals surface area (Å²) >= 11 is 12.1. The molecule has 1 aliphatic heterocycles. The molecule has 0 atom stereocenters. The van der Waals surface area contributed by atoms with Crippen LogP contribution in [0.3, 0.4) is 0 Å². The standard InChI is InChI=1S/C27H21Cl2N3O5/c1-37-27(36)18-3-2-4-21(14-18)32-25(34)23(29)24(26(32)35)31-20-11-7-16(8-12-20)13-22(33)30-15-17-5-9-19(28)10-6-17/h2-12,14,31H,13,15H2,1H3,(H,30,33). The molecule has 0 spiro atoms. The lowest BCUT2D eigenvalue weighted by Crippen LogP contribution is -2.32. The lowest BCUT2D eigenvalue weighted by Gasteiger charge is -2.16. The molecule has 2 N–H and O–H groups in total. The first-order chi connectivity index (χ1) is 17.8. The Kier molecular flexibility index (Phi) is 7.91. The second kappa shape index (κ2) is 11.3. The number of amides is 3. The Hall–Kier alpha value is -4.14. The highest BCUT2D eigenvalue weighted by Gasteiger charge is 2.39. The maximum Gasteiger partial charge on any atom is 0.337 e. The van der Waals surface area contributed by atoms with Crippen LogP contribution in [0, 0.1) is 0 Å². The number of hydrogen-bond donors (Lipinski definition) is 2. The number of carbonyl (C=O) groups is 4. The Labute approximate surface area is 222 Å². The number of anilines is 2. The molecular formula is C27H21Cl2N3O5. The van der Waals surface area contributed by atoms with Gasteiger partial charge < -0.3 is 15.4 Å². The molecule has 37 heavy (non-hydrogen) atoms. The molecule has 0 saturated carbocycles. The van der Waals surface area contributed by atoms with E-state index in [1.54, 1.807) is 36.4 Å². The van der Waals surface area contributed by atoms with Crippen LogP contribution in [0.4, 0.5) is 11.4 Å². The molecule has 3 aromatic carbocycles. The van der Waals surface area contributed by atoms with Crippen LogP contribution < -0.4 is 15.5 Å². The summed E-state index contributed by atoms with van der Waals surface area (Å²) in [6.07, 6.45) is 0.166. The molecule has 0 bridgehead atoms. The Morgan fingerprint density at radius 1 is 0.892 bits per heavy atom. The van der Waals surface area contributed by atoms with Crippen molar-refractivity contribution in [3.63, 3.8) is 0 Å². The van der Waals surface area contributed by atoms with Crippen molar-refractivity contribution in [2.45, 2.75) is 13.0 Å². The zero-order valence-electron chi connectivity index (χ0n) is 19.6. The summed E-state index contributed by atoms with van der Waals surface area (Å²) in [7, 11) is 1.24. The summed E-state index contributed by atoms with van der Waals surface area (Å²) in [6.45, 7) is 0.386. The van der Waals surface area contributed by atoms with Crippen molar-refractivity contribution in [2.24, 2.45) is 0 Å². The fourth-order valence-corrected chi connectivity index (χ4v) is 3.98. The van der Waals surface area contributed by atoms with Crippen LogP contribution in [0.25, 0.3) is 0 Å². The van der Waals surface area contributed by atoms with Gasteiger partial charge in [0.2, 0.25) is 5.91 Å². The van der Waals surface area contributed by atoms with Gasteiger partial charge in [-0.25, -0.2) is 9.69 Å². The molecule has 8 nitrogen and oxygen atoms in total. The van der Waals surface area contributed by atoms with E-state index in [1.165, 1.54) is 31.4 Å². The maximum atomic E-state index is 13.0. The molecule has 0 aliphatic carbocycles. The largest absolute Gasteiger partial charge is 0.465 e. The number of benzene rings is 3. The third-order valence-electron chi connectivity index (χ3n) is 5.54. The summed E-state index contributed by atoms with van der Waals surface area (Å²) in [6, 6.07) is 20.0. The molecular weight excluding hydrogens is 517 g/mol. The highest BCUT2D eigenvalue weighted by Crippen LogP contribution is 2.30. The van der Waals surface area contributed by atoms with E-state index in [-0.39, 0.29) is 34.3 Å². The predicted octanol–water partition coefficient (Wildman–Crippen LogP) is 4.42. The number of rotatable bonds is 8. The van der Waals surface area contributed by atoms with E-state index in [4.69, 9.17) is 27.9 Å². The summed E-state index contributed by atoms with van der Waals surface area (Å²) in [5.74, 6) is -2.13. The molecule has 1 aliphatic rings. The number of imide groups is 1. The van der Waals surface area contributed by atoms with Crippen LogP contribution in [-0.2, 0) is 32.1 Å². The SMILES string of the molecule is COC(=O)c1cccc(N2C(=O)C(Cl)=C(Nc3ccc(CC(=O)NCc4ccc(Cl)cc4)cc3)C2=O)c1. The van der Waals surface area contributed by atoms with Gasteiger partial charge in [-0.05, 0) is 53.6 Å². The van der Waals surface area contributed by atoms with Gasteiger partial charge in [0.05, 0.1) is 24.8 Å². The zero-order chi connectivity index (χ0) is 26.5. The molecule has 3 aromatic rings. The van der Waals surface area contributed by atoms with E-state index in [1.807, 2.05) is 12.1 Å². The summed E-state index contributed by atoms with van der Waals surface area (Å²) in [5, 5.41) is 6.09. The molecule has 0 saturated heterocycles. The molecule has 0 fully saturated rings. The van der Waals surface area contributed by atoms with Gasteiger partial charge in [0.1, 0.15) is 10.7 Å². The monoisotopic (exact) mass is 537 g/mol. The number of hydrogen-bond acceptors (Lipinski definition) is 6. The van der Waals surface area contributed by atoms with E-state index in [0.717, 1.165) is 16.0 Å². The first-order valence-corrected chi connectivity index (χ1v) is 11.9. The number of nitrogens with zero attached hydrogens (tertiary/aromatic N) is 1. The number of ether oxygens (including phenoxy) is 1. The first kappa shape index (κ1) is 25.9. The van der Waals surface area contributed by atoms with Gasteiger partial charge in [0, 0.05) is 17.3 Å². The highest BCUT2D eigenvalue weighted by atomic mass is 35.5. The van der Waals surface area contributed by atoms with E-state index >= 15 is 0 Å². The van der Waals surface area contributed by atoms with Gasteiger partial charge in [-0.1, -0.05) is 53.5 Å². The van der Waals surface area contributed by atoms with Gasteiger partial charge in [-0.15, -0.1) is 0 Å². The number of halogens is 2. The van der Waals surface area contributed by atoms with Crippen LogP contribution in [0.15, 0.2) is 83.5 Å². The average Bonchev–Trinajstić information content (AvgIpc) is 3.11. The van der Waals surface area contributed by atoms with Crippen molar-refractivity contribution in [1.29, 1.82) is 0 Å². The van der Waals surface area contributed by atoms with Crippen LogP contribution in [-0.4, -0.2) is 30.8 Å². The third-order valence-corrected chi connectivity index (χ3v) is 6.15. The van der Waals surface area contributed by atoms with Crippen LogP contribution >= 0.6 is 23.2 Å². The lowest BCUT2D eigenvalue weighted by atomic mass is 10.1. The minimum absolute atomic E-state index is 0.0939. The Morgan fingerprint density at radius 2 is 1.57 bits per heavy atom. The van der Waals surface area contributed by atoms with Crippen molar-refractivity contribution in [3.05, 3.63) is 105 Å². The Morgan fingerprint density at radius 3 is 2.24 bits per heavy atom. The van der Waals surface area contributed by atoms with E-state index in [0.29, 0.717) is 17.3 Å². The fourth-order valence-electron chi connectivity index (χ4n) is 3.64. The van der Waals surface area contributed by atoms with Crippen molar-refractivity contribution >= 4 is 58.3 Å². The normalized spacial score (nSPS) is 13.1. The topological polar surface area (TPSA) is 105 Å². The lowest BCUT2D eigenvalue weighted by molar-refractivity contribution is -0.121.